The van der Waals surface area contributed by atoms with Crippen molar-refractivity contribution in [3.8, 4) is 0 Å². The van der Waals surface area contributed by atoms with Gasteiger partial charge in [-0.05, 0) is 60.8 Å². The van der Waals surface area contributed by atoms with Gasteiger partial charge in [-0.1, -0.05) is 12.5 Å². The number of hydrogen-bond donors (Lipinski definition) is 2. The molecule has 0 aliphatic carbocycles. The van der Waals surface area contributed by atoms with E-state index < -0.39 is 10.0 Å². The maximum Gasteiger partial charge on any atom is 0.262 e. The number of benzene rings is 1. The molecule has 0 spiro atoms. The molecule has 28 heavy (non-hydrogen) atoms. The third-order valence-corrected chi connectivity index (χ3v) is 6.78. The Kier molecular flexibility index (Phi) is 6.24. The topological polar surface area (TPSA) is 101 Å². The van der Waals surface area contributed by atoms with E-state index in [-0.39, 0.29) is 10.8 Å². The van der Waals surface area contributed by atoms with Crippen LogP contribution in [0.3, 0.4) is 0 Å². The summed E-state index contributed by atoms with van der Waals surface area (Å²) < 4.78 is 34.0. The van der Waals surface area contributed by atoms with Gasteiger partial charge in [0.2, 0.25) is 0 Å². The highest BCUT2D eigenvalue weighted by Crippen LogP contribution is 2.28. The molecule has 9 heteroatoms. The molecule has 1 aliphatic heterocycles. The van der Waals surface area contributed by atoms with Crippen molar-refractivity contribution in [2.45, 2.75) is 44.4 Å². The predicted octanol–water partition coefficient (Wildman–Crippen LogP) is 4.16. The highest BCUT2D eigenvalue weighted by Gasteiger charge is 2.21. The highest BCUT2D eigenvalue weighted by atomic mass is 79.9. The van der Waals surface area contributed by atoms with E-state index in [0.717, 1.165) is 19.3 Å². The van der Waals surface area contributed by atoms with Gasteiger partial charge in [-0.25, -0.2) is 8.42 Å². The van der Waals surface area contributed by atoms with E-state index in [0.29, 0.717) is 46.0 Å². The van der Waals surface area contributed by atoms with Crippen LogP contribution < -0.4 is 10.0 Å². The summed E-state index contributed by atoms with van der Waals surface area (Å²) in [7, 11) is -3.77. The first-order chi connectivity index (χ1) is 13.3. The third-order valence-electron chi connectivity index (χ3n) is 4.44. The molecule has 1 aliphatic rings. The Balaban J connectivity index is 1.79. The number of furan rings is 1. The van der Waals surface area contributed by atoms with E-state index in [2.05, 4.69) is 31.0 Å². The first-order valence-electron chi connectivity index (χ1n) is 9.01. The molecule has 0 saturated carbocycles. The van der Waals surface area contributed by atoms with E-state index in [9.17, 15) is 13.2 Å². The number of hydrogen-bond acceptors (Lipinski definition) is 5. The van der Waals surface area contributed by atoms with Gasteiger partial charge in [0.15, 0.2) is 0 Å². The fourth-order valence-corrected chi connectivity index (χ4v) is 4.70. The van der Waals surface area contributed by atoms with Gasteiger partial charge in [-0.3, -0.25) is 14.5 Å². The van der Waals surface area contributed by atoms with Crippen LogP contribution in [0, 0.1) is 13.8 Å². The van der Waals surface area contributed by atoms with E-state index in [1.54, 1.807) is 26.0 Å². The molecular weight excluding hydrogens is 446 g/mol. The number of sulfonamides is 1. The summed E-state index contributed by atoms with van der Waals surface area (Å²) in [4.78, 5) is 17.0. The van der Waals surface area contributed by atoms with Crippen LogP contribution in [-0.4, -0.2) is 26.7 Å². The van der Waals surface area contributed by atoms with Crippen molar-refractivity contribution in [1.82, 2.24) is 4.72 Å². The van der Waals surface area contributed by atoms with Crippen LogP contribution >= 0.6 is 15.9 Å². The average molecular weight is 468 g/mol. The molecule has 0 bridgehead atoms. The Labute approximate surface area is 172 Å². The zero-order valence-corrected chi connectivity index (χ0v) is 18.1. The van der Waals surface area contributed by atoms with Crippen LogP contribution in [0.5, 0.6) is 0 Å². The van der Waals surface area contributed by atoms with Crippen molar-refractivity contribution in [3.63, 3.8) is 0 Å². The quantitative estimate of drug-likeness (QED) is 0.704. The zero-order valence-electron chi connectivity index (χ0n) is 15.7. The number of amides is 1. The predicted molar refractivity (Wildman–Crippen MR) is 111 cm³/mol. The van der Waals surface area contributed by atoms with Crippen LogP contribution in [-0.2, 0) is 10.0 Å². The minimum absolute atomic E-state index is 0.0661. The Bertz CT molecular complexity index is 1030. The lowest BCUT2D eigenvalue weighted by Gasteiger charge is -2.11. The number of aliphatic imine (C=N–C) groups is 1. The second kappa shape index (κ2) is 8.48. The summed E-state index contributed by atoms with van der Waals surface area (Å²) >= 11 is 3.35. The molecule has 2 heterocycles. The molecule has 1 amide bonds. The molecule has 0 saturated heterocycles. The third kappa shape index (κ3) is 4.64. The van der Waals surface area contributed by atoms with Gasteiger partial charge in [0, 0.05) is 18.7 Å². The van der Waals surface area contributed by atoms with Crippen molar-refractivity contribution in [2.24, 2.45) is 4.99 Å². The number of halogens is 1. The molecule has 2 N–H and O–H groups in total. The first kappa shape index (κ1) is 20.6. The second-order valence-corrected chi connectivity index (χ2v) is 9.11. The molecule has 3 rings (SSSR count). The average Bonchev–Trinajstić information content (AvgIpc) is 2.81. The molecule has 150 valence electrons. The second-order valence-electron chi connectivity index (χ2n) is 6.63. The lowest BCUT2D eigenvalue weighted by atomic mass is 10.2. The largest absolute Gasteiger partial charge is 0.465 e. The summed E-state index contributed by atoms with van der Waals surface area (Å²) in [5, 5.41) is 2.73. The lowest BCUT2D eigenvalue weighted by Crippen LogP contribution is -2.30. The van der Waals surface area contributed by atoms with E-state index in [1.165, 1.54) is 12.1 Å². The summed E-state index contributed by atoms with van der Waals surface area (Å²) in [6.07, 6.45) is 3.53. The fourth-order valence-electron chi connectivity index (χ4n) is 3.02. The zero-order chi connectivity index (χ0) is 20.3. The minimum atomic E-state index is -3.77. The number of amidine groups is 1. The van der Waals surface area contributed by atoms with Crippen LogP contribution in [0.1, 0.15) is 47.6 Å². The Morgan fingerprint density at radius 2 is 1.96 bits per heavy atom. The monoisotopic (exact) mass is 467 g/mol. The Hall–Kier alpha value is -2.13. The SMILES string of the molecule is Cc1oc(C)c(C(=O)Nc2cccc(S(=O)(=O)NC3=NCCCCC3)c2)c1Br. The molecule has 0 unspecified atom stereocenters. The summed E-state index contributed by atoms with van der Waals surface area (Å²) in [5.74, 6) is 1.20. The van der Waals surface area contributed by atoms with Crippen molar-refractivity contribution in [3.05, 3.63) is 45.8 Å². The van der Waals surface area contributed by atoms with Crippen molar-refractivity contribution in [1.29, 1.82) is 0 Å². The van der Waals surface area contributed by atoms with Gasteiger partial charge in [0.05, 0.1) is 14.9 Å². The van der Waals surface area contributed by atoms with Crippen LogP contribution in [0.2, 0.25) is 0 Å². The molecule has 1 aromatic carbocycles. The summed E-state index contributed by atoms with van der Waals surface area (Å²) in [5.41, 5.74) is 0.762. The number of rotatable bonds is 4. The maximum atomic E-state index is 12.7. The highest BCUT2D eigenvalue weighted by molar-refractivity contribution is 9.10. The Morgan fingerprint density at radius 1 is 1.18 bits per heavy atom. The van der Waals surface area contributed by atoms with Gasteiger partial charge in [0.1, 0.15) is 17.4 Å². The van der Waals surface area contributed by atoms with Gasteiger partial charge in [-0.2, -0.15) is 0 Å². The molecule has 0 atom stereocenters. The van der Waals surface area contributed by atoms with Crippen molar-refractivity contribution >= 4 is 43.4 Å². The molecule has 2 aromatic rings. The number of nitrogens with one attached hydrogen (secondary N) is 2. The van der Waals surface area contributed by atoms with Crippen LogP contribution in [0.15, 0.2) is 43.0 Å². The van der Waals surface area contributed by atoms with E-state index in [1.807, 2.05) is 0 Å². The molecule has 1 aromatic heterocycles. The van der Waals surface area contributed by atoms with Gasteiger partial charge < -0.3 is 9.73 Å². The Morgan fingerprint density at radius 3 is 2.68 bits per heavy atom. The fraction of sp³-hybridized carbons (Fsp3) is 0.368. The van der Waals surface area contributed by atoms with Crippen molar-refractivity contribution in [2.75, 3.05) is 11.9 Å². The number of aryl methyl sites for hydroxylation is 2. The summed E-state index contributed by atoms with van der Waals surface area (Å²) in [6, 6.07) is 6.13. The number of anilines is 1. The first-order valence-corrected chi connectivity index (χ1v) is 11.3. The van der Waals surface area contributed by atoms with Gasteiger partial charge in [0.25, 0.3) is 15.9 Å². The minimum Gasteiger partial charge on any atom is -0.465 e. The van der Waals surface area contributed by atoms with Gasteiger partial charge in [-0.15, -0.1) is 0 Å². The lowest BCUT2D eigenvalue weighted by molar-refractivity contribution is 0.102. The normalized spacial score (nSPS) is 14.9. The number of carbonyl (C=O) groups excluding carboxylic acids is 1. The number of carbonyl (C=O) groups is 1. The summed E-state index contributed by atoms with van der Waals surface area (Å²) in [6.45, 7) is 4.08. The van der Waals surface area contributed by atoms with Crippen LogP contribution in [0.25, 0.3) is 0 Å². The smallest absolute Gasteiger partial charge is 0.262 e. The maximum absolute atomic E-state index is 12.7. The molecule has 0 fully saturated rings. The van der Waals surface area contributed by atoms with Crippen molar-refractivity contribution < 1.29 is 17.6 Å². The van der Waals surface area contributed by atoms with E-state index in [4.69, 9.17) is 4.42 Å². The standard InChI is InChI=1S/C19H22BrN3O4S/c1-12-17(18(20)13(2)27-12)19(24)22-14-7-6-8-15(11-14)28(25,26)23-16-9-4-3-5-10-21-16/h6-8,11H,3-5,9-10H2,1-2H3,(H,21,23)(H,22,24). The van der Waals surface area contributed by atoms with Crippen LogP contribution in [0.4, 0.5) is 5.69 Å². The number of nitrogens with zero attached hydrogens (tertiary/aromatic N) is 1. The molecular formula is C19H22BrN3O4S. The van der Waals surface area contributed by atoms with Gasteiger partial charge >= 0.3 is 0 Å². The van der Waals surface area contributed by atoms with E-state index >= 15 is 0 Å². The molecule has 7 nitrogen and oxygen atoms in total. The molecule has 0 radical (unpaired) electrons.